The second-order valence-electron chi connectivity index (χ2n) is 6.08. The van der Waals surface area contributed by atoms with E-state index in [1.54, 1.807) is 13.2 Å². The second kappa shape index (κ2) is 6.46. The molecule has 3 unspecified atom stereocenters. The highest BCUT2D eigenvalue weighted by atomic mass is 16.5. The van der Waals surface area contributed by atoms with Gasteiger partial charge in [-0.2, -0.15) is 0 Å². The van der Waals surface area contributed by atoms with Crippen LogP contribution in [0.2, 0.25) is 0 Å². The Hall–Kier alpha value is -1.26. The monoisotopic (exact) mass is 278 g/mol. The predicted molar refractivity (Wildman–Crippen MR) is 81.0 cm³/mol. The van der Waals surface area contributed by atoms with Crippen molar-refractivity contribution in [2.24, 2.45) is 17.6 Å². The van der Waals surface area contributed by atoms with E-state index < -0.39 is 0 Å². The highest BCUT2D eigenvalue weighted by Crippen LogP contribution is 2.33. The number of piperidine rings is 1. The van der Waals surface area contributed by atoms with Crippen LogP contribution in [0.3, 0.4) is 0 Å². The summed E-state index contributed by atoms with van der Waals surface area (Å²) in [6.07, 6.45) is 1.28. The van der Waals surface area contributed by atoms with Crippen molar-refractivity contribution in [3.63, 3.8) is 0 Å². The Bertz CT molecular complexity index is 440. The van der Waals surface area contributed by atoms with E-state index in [9.17, 15) is 5.11 Å². The van der Waals surface area contributed by atoms with Crippen molar-refractivity contribution in [1.29, 1.82) is 0 Å². The maximum Gasteiger partial charge on any atom is 0.160 e. The van der Waals surface area contributed by atoms with E-state index >= 15 is 0 Å². The first-order chi connectivity index (χ1) is 9.55. The number of likely N-dealkylation sites (tertiary alicyclic amines) is 1. The SMILES string of the molecule is COc1ccc(C(CN)N2CC(C)CC(C)C2)cc1O. The number of nitrogens with zero attached hydrogens (tertiary/aromatic N) is 1. The Balaban J connectivity index is 2.21. The van der Waals surface area contributed by atoms with Crippen LogP contribution < -0.4 is 10.5 Å². The number of phenols is 1. The van der Waals surface area contributed by atoms with Gasteiger partial charge in [0, 0.05) is 25.7 Å². The zero-order chi connectivity index (χ0) is 14.7. The fraction of sp³-hybridized carbons (Fsp3) is 0.625. The van der Waals surface area contributed by atoms with Crippen molar-refractivity contribution < 1.29 is 9.84 Å². The summed E-state index contributed by atoms with van der Waals surface area (Å²) in [5.41, 5.74) is 7.05. The van der Waals surface area contributed by atoms with Crippen molar-refractivity contribution in [2.75, 3.05) is 26.7 Å². The van der Waals surface area contributed by atoms with Crippen LogP contribution in [0.25, 0.3) is 0 Å². The van der Waals surface area contributed by atoms with Gasteiger partial charge in [-0.15, -0.1) is 0 Å². The molecule has 0 bridgehead atoms. The highest BCUT2D eigenvalue weighted by Gasteiger charge is 2.28. The summed E-state index contributed by atoms with van der Waals surface area (Å²) in [6, 6.07) is 5.75. The zero-order valence-electron chi connectivity index (χ0n) is 12.7. The van der Waals surface area contributed by atoms with E-state index in [0.717, 1.165) is 18.7 Å². The molecule has 0 spiro atoms. The number of benzene rings is 1. The molecule has 3 atom stereocenters. The lowest BCUT2D eigenvalue weighted by atomic mass is 9.89. The van der Waals surface area contributed by atoms with Crippen LogP contribution in [0.1, 0.15) is 31.9 Å². The maximum atomic E-state index is 9.95. The maximum absolute atomic E-state index is 9.95. The average Bonchev–Trinajstić information content (AvgIpc) is 2.38. The van der Waals surface area contributed by atoms with Crippen LogP contribution in [-0.2, 0) is 0 Å². The number of nitrogens with two attached hydrogens (primary N) is 1. The lowest BCUT2D eigenvalue weighted by Gasteiger charge is -2.40. The van der Waals surface area contributed by atoms with Gasteiger partial charge >= 0.3 is 0 Å². The van der Waals surface area contributed by atoms with Gasteiger partial charge in [-0.3, -0.25) is 4.90 Å². The van der Waals surface area contributed by atoms with E-state index in [4.69, 9.17) is 10.5 Å². The molecule has 0 amide bonds. The van der Waals surface area contributed by atoms with Gasteiger partial charge < -0.3 is 15.6 Å². The highest BCUT2D eigenvalue weighted by molar-refractivity contribution is 5.42. The van der Waals surface area contributed by atoms with Crippen LogP contribution in [0.5, 0.6) is 11.5 Å². The number of aromatic hydroxyl groups is 1. The molecule has 2 rings (SSSR count). The van der Waals surface area contributed by atoms with E-state index in [1.807, 2.05) is 12.1 Å². The van der Waals surface area contributed by atoms with Gasteiger partial charge in [0.25, 0.3) is 0 Å². The summed E-state index contributed by atoms with van der Waals surface area (Å²) in [6.45, 7) is 7.28. The molecule has 1 fully saturated rings. The standard InChI is InChI=1S/C16H26N2O2/c1-11-6-12(2)10-18(9-11)14(8-17)13-4-5-16(20-3)15(19)7-13/h4-5,7,11-12,14,19H,6,8-10,17H2,1-3H3. The fourth-order valence-corrected chi connectivity index (χ4v) is 3.38. The first kappa shape index (κ1) is 15.1. The molecule has 3 N–H and O–H groups in total. The Morgan fingerprint density at radius 1 is 1.35 bits per heavy atom. The molecule has 0 radical (unpaired) electrons. The van der Waals surface area contributed by atoms with Crippen molar-refractivity contribution in [3.05, 3.63) is 23.8 Å². The number of hydrogen-bond acceptors (Lipinski definition) is 4. The van der Waals surface area contributed by atoms with Crippen molar-refractivity contribution >= 4 is 0 Å². The Labute approximate surface area is 121 Å². The van der Waals surface area contributed by atoms with Gasteiger partial charge in [0.05, 0.1) is 7.11 Å². The number of hydrogen-bond donors (Lipinski definition) is 2. The van der Waals surface area contributed by atoms with Gasteiger partial charge in [-0.25, -0.2) is 0 Å². The molecule has 1 aliphatic rings. The minimum atomic E-state index is 0.164. The molecule has 0 saturated carbocycles. The summed E-state index contributed by atoms with van der Waals surface area (Å²) in [4.78, 5) is 2.44. The third-order valence-electron chi connectivity index (χ3n) is 4.15. The molecule has 0 aromatic heterocycles. The average molecular weight is 278 g/mol. The molecule has 4 heteroatoms. The summed E-state index contributed by atoms with van der Waals surface area (Å²) >= 11 is 0. The quantitative estimate of drug-likeness (QED) is 0.888. The summed E-state index contributed by atoms with van der Waals surface area (Å²) in [5, 5.41) is 9.95. The molecule has 20 heavy (non-hydrogen) atoms. The van der Waals surface area contributed by atoms with Crippen molar-refractivity contribution in [2.45, 2.75) is 26.3 Å². The number of methoxy groups -OCH3 is 1. The molecule has 1 heterocycles. The third kappa shape index (κ3) is 3.25. The molecule has 4 nitrogen and oxygen atoms in total. The van der Waals surface area contributed by atoms with Crippen LogP contribution >= 0.6 is 0 Å². The molecule has 1 aliphatic heterocycles. The Morgan fingerprint density at radius 2 is 2.00 bits per heavy atom. The van der Waals surface area contributed by atoms with E-state index in [0.29, 0.717) is 24.1 Å². The van der Waals surface area contributed by atoms with E-state index in [-0.39, 0.29) is 11.8 Å². The summed E-state index contributed by atoms with van der Waals surface area (Å²) < 4.78 is 5.10. The first-order valence-corrected chi connectivity index (χ1v) is 7.36. The lowest BCUT2D eigenvalue weighted by molar-refractivity contribution is 0.0983. The van der Waals surface area contributed by atoms with Gasteiger partial charge in [0.2, 0.25) is 0 Å². The largest absolute Gasteiger partial charge is 0.504 e. The van der Waals surface area contributed by atoms with Crippen molar-refractivity contribution in [3.8, 4) is 11.5 Å². The smallest absolute Gasteiger partial charge is 0.160 e. The van der Waals surface area contributed by atoms with E-state index in [1.165, 1.54) is 6.42 Å². The molecule has 112 valence electrons. The lowest BCUT2D eigenvalue weighted by Crippen LogP contribution is -2.43. The zero-order valence-corrected chi connectivity index (χ0v) is 12.7. The van der Waals surface area contributed by atoms with E-state index in [2.05, 4.69) is 18.7 Å². The fourth-order valence-electron chi connectivity index (χ4n) is 3.38. The van der Waals surface area contributed by atoms with Gasteiger partial charge in [0.1, 0.15) is 0 Å². The second-order valence-corrected chi connectivity index (χ2v) is 6.08. The number of rotatable bonds is 4. The topological polar surface area (TPSA) is 58.7 Å². The number of phenolic OH excluding ortho intramolecular Hbond substituents is 1. The van der Waals surface area contributed by atoms with Gasteiger partial charge in [-0.05, 0) is 36.0 Å². The van der Waals surface area contributed by atoms with Crippen LogP contribution in [-0.4, -0.2) is 36.8 Å². The summed E-state index contributed by atoms with van der Waals surface area (Å²) in [5.74, 6) is 2.07. The predicted octanol–water partition coefficient (Wildman–Crippen LogP) is 2.38. The Morgan fingerprint density at radius 3 is 2.50 bits per heavy atom. The molecule has 1 saturated heterocycles. The normalized spacial score (nSPS) is 25.4. The first-order valence-electron chi connectivity index (χ1n) is 7.36. The van der Waals surface area contributed by atoms with Crippen LogP contribution in [0.4, 0.5) is 0 Å². The number of ether oxygens (including phenoxy) is 1. The third-order valence-corrected chi connectivity index (χ3v) is 4.15. The molecule has 0 aliphatic carbocycles. The Kier molecular flexibility index (Phi) is 4.89. The van der Waals surface area contributed by atoms with Crippen molar-refractivity contribution in [1.82, 2.24) is 4.90 Å². The molecular weight excluding hydrogens is 252 g/mol. The molecule has 1 aromatic carbocycles. The minimum Gasteiger partial charge on any atom is -0.504 e. The minimum absolute atomic E-state index is 0.164. The van der Waals surface area contributed by atoms with Gasteiger partial charge in [0.15, 0.2) is 11.5 Å². The molecular formula is C16H26N2O2. The van der Waals surface area contributed by atoms with Crippen LogP contribution in [0.15, 0.2) is 18.2 Å². The van der Waals surface area contributed by atoms with Gasteiger partial charge in [-0.1, -0.05) is 19.9 Å². The molecule has 1 aromatic rings. The van der Waals surface area contributed by atoms with Crippen LogP contribution in [0, 0.1) is 11.8 Å². The summed E-state index contributed by atoms with van der Waals surface area (Å²) in [7, 11) is 1.56.